The number of phenolic OH excluding ortho intramolecular Hbond substituents is 1. The van der Waals surface area contributed by atoms with Crippen LogP contribution in [0.25, 0.3) is 0 Å². The first-order valence-corrected chi connectivity index (χ1v) is 11.6. The van der Waals surface area contributed by atoms with E-state index < -0.39 is 7.37 Å². The molecule has 1 N–H and O–H groups in total. The van der Waals surface area contributed by atoms with Gasteiger partial charge >= 0.3 is 0 Å². The molecule has 4 heteroatoms. The summed E-state index contributed by atoms with van der Waals surface area (Å²) in [6.45, 7) is 8.58. The number of hydrogen-bond acceptors (Lipinski definition) is 3. The van der Waals surface area contributed by atoms with E-state index in [9.17, 15) is 9.67 Å². The summed E-state index contributed by atoms with van der Waals surface area (Å²) < 4.78 is 20.8. The fourth-order valence-electron chi connectivity index (χ4n) is 4.19. The highest BCUT2D eigenvalue weighted by Crippen LogP contribution is 2.52. The third-order valence-corrected chi connectivity index (χ3v) is 8.35. The molecule has 2 aromatic carbocycles. The third kappa shape index (κ3) is 4.31. The van der Waals surface area contributed by atoms with E-state index in [0.29, 0.717) is 28.4 Å². The van der Waals surface area contributed by atoms with Gasteiger partial charge in [-0.2, -0.15) is 0 Å². The second kappa shape index (κ2) is 8.20. The Kier molecular flexibility index (Phi) is 6.13. The highest BCUT2D eigenvalue weighted by molar-refractivity contribution is 7.74. The smallest absolute Gasteiger partial charge is 0.265 e. The second-order valence-electron chi connectivity index (χ2n) is 8.35. The van der Waals surface area contributed by atoms with E-state index in [-0.39, 0.29) is 11.9 Å². The van der Waals surface area contributed by atoms with Crippen molar-refractivity contribution in [2.45, 2.75) is 53.1 Å². The van der Waals surface area contributed by atoms with Gasteiger partial charge in [0, 0.05) is 5.30 Å². The summed E-state index contributed by atoms with van der Waals surface area (Å²) in [6.07, 6.45) is 3.12. The van der Waals surface area contributed by atoms with E-state index in [0.717, 1.165) is 18.4 Å². The lowest BCUT2D eigenvalue weighted by molar-refractivity contribution is 0.0514. The van der Waals surface area contributed by atoms with Crippen molar-refractivity contribution in [3.05, 3.63) is 54.1 Å². The Morgan fingerprint density at radius 3 is 2.44 bits per heavy atom. The predicted octanol–water partition coefficient (Wildman–Crippen LogP) is 5.41. The maximum Gasteiger partial charge on any atom is 0.265 e. The second-order valence-corrected chi connectivity index (χ2v) is 10.7. The highest BCUT2D eigenvalue weighted by atomic mass is 31.2. The number of benzene rings is 2. The average molecular weight is 386 g/mol. The van der Waals surface area contributed by atoms with Crippen LogP contribution in [0.15, 0.2) is 48.5 Å². The third-order valence-electron chi connectivity index (χ3n) is 5.79. The Morgan fingerprint density at radius 1 is 1.11 bits per heavy atom. The molecule has 0 bridgehead atoms. The van der Waals surface area contributed by atoms with Gasteiger partial charge in [0.2, 0.25) is 0 Å². The summed E-state index contributed by atoms with van der Waals surface area (Å²) in [7, 11) is -3.40. The molecule has 0 spiro atoms. The first-order chi connectivity index (χ1) is 12.8. The molecular weight excluding hydrogens is 355 g/mol. The SMILES string of the molecule is Cc1ccc(P(=O)(O[C@@H]2C[C@H](C)CC[C@H]2C(C)C)c2ccccc2)c(O)c1. The molecular formula is C23H31O3P. The maximum atomic E-state index is 14.3. The van der Waals surface area contributed by atoms with Gasteiger partial charge in [0.05, 0.1) is 11.4 Å². The summed E-state index contributed by atoms with van der Waals surface area (Å²) >= 11 is 0. The molecule has 1 aliphatic rings. The molecule has 0 heterocycles. The average Bonchev–Trinajstić information content (AvgIpc) is 2.62. The van der Waals surface area contributed by atoms with E-state index in [4.69, 9.17) is 4.52 Å². The van der Waals surface area contributed by atoms with Crippen LogP contribution in [0.5, 0.6) is 5.75 Å². The van der Waals surface area contributed by atoms with Gasteiger partial charge in [-0.15, -0.1) is 0 Å². The van der Waals surface area contributed by atoms with Crippen LogP contribution < -0.4 is 10.6 Å². The number of hydrogen-bond donors (Lipinski definition) is 1. The summed E-state index contributed by atoms with van der Waals surface area (Å²) in [5, 5.41) is 11.6. The van der Waals surface area contributed by atoms with Gasteiger partial charge in [0.15, 0.2) is 0 Å². The minimum absolute atomic E-state index is 0.0483. The van der Waals surface area contributed by atoms with Crippen molar-refractivity contribution in [2.24, 2.45) is 17.8 Å². The van der Waals surface area contributed by atoms with E-state index in [1.165, 1.54) is 6.42 Å². The van der Waals surface area contributed by atoms with E-state index in [2.05, 4.69) is 20.8 Å². The monoisotopic (exact) mass is 386 g/mol. The van der Waals surface area contributed by atoms with Gasteiger partial charge in [-0.3, -0.25) is 4.57 Å². The van der Waals surface area contributed by atoms with Crippen LogP contribution in [0.2, 0.25) is 0 Å². The Balaban J connectivity index is 2.06. The van der Waals surface area contributed by atoms with E-state index in [1.807, 2.05) is 43.3 Å². The summed E-state index contributed by atoms with van der Waals surface area (Å²) in [5.74, 6) is 1.46. The van der Waals surface area contributed by atoms with Gasteiger partial charge in [-0.1, -0.05) is 51.5 Å². The standard InChI is InChI=1S/C23H31O3P/c1-16(2)20-12-10-18(4)15-22(20)26-27(25,19-8-6-5-7-9-19)23-13-11-17(3)14-21(23)24/h5-9,11,13-14,16,18,20,22,24H,10,12,15H2,1-4H3/t18-,20+,22-,27?/m1/s1. The molecule has 3 rings (SSSR count). The molecule has 3 nitrogen and oxygen atoms in total. The molecule has 0 saturated heterocycles. The van der Waals surface area contributed by atoms with Crippen molar-refractivity contribution in [3.63, 3.8) is 0 Å². The zero-order valence-corrected chi connectivity index (χ0v) is 17.7. The number of rotatable bonds is 5. The lowest BCUT2D eigenvalue weighted by Gasteiger charge is -2.39. The zero-order chi connectivity index (χ0) is 19.6. The minimum Gasteiger partial charge on any atom is -0.507 e. The van der Waals surface area contributed by atoms with Crippen molar-refractivity contribution < 1.29 is 14.2 Å². The lowest BCUT2D eigenvalue weighted by atomic mass is 9.75. The van der Waals surface area contributed by atoms with Crippen molar-refractivity contribution in [2.75, 3.05) is 0 Å². The van der Waals surface area contributed by atoms with Crippen LogP contribution in [-0.4, -0.2) is 11.2 Å². The van der Waals surface area contributed by atoms with Crippen LogP contribution in [0.3, 0.4) is 0 Å². The lowest BCUT2D eigenvalue weighted by Crippen LogP contribution is -2.36. The Hall–Kier alpha value is -1.57. The topological polar surface area (TPSA) is 46.5 Å². The molecule has 2 aromatic rings. The molecule has 4 atom stereocenters. The first-order valence-electron chi connectivity index (χ1n) is 9.95. The number of aromatic hydroxyl groups is 1. The van der Waals surface area contributed by atoms with Crippen LogP contribution >= 0.6 is 7.37 Å². The Morgan fingerprint density at radius 2 is 1.81 bits per heavy atom. The molecule has 27 heavy (non-hydrogen) atoms. The van der Waals surface area contributed by atoms with Crippen LogP contribution in [-0.2, 0) is 9.09 Å². The normalized spacial score (nSPS) is 25.3. The molecule has 1 saturated carbocycles. The molecule has 0 aromatic heterocycles. The molecule has 1 fully saturated rings. The molecule has 146 valence electrons. The molecule has 1 unspecified atom stereocenters. The van der Waals surface area contributed by atoms with Gasteiger partial charge in [-0.05, 0) is 67.3 Å². The van der Waals surface area contributed by atoms with Crippen LogP contribution in [0.1, 0.15) is 45.6 Å². The molecule has 1 aliphatic carbocycles. The quantitative estimate of drug-likeness (QED) is 0.699. The van der Waals surface area contributed by atoms with Crippen molar-refractivity contribution >= 4 is 18.0 Å². The van der Waals surface area contributed by atoms with Gasteiger partial charge in [0.25, 0.3) is 7.37 Å². The van der Waals surface area contributed by atoms with Crippen molar-refractivity contribution in [1.29, 1.82) is 0 Å². The van der Waals surface area contributed by atoms with E-state index >= 15 is 0 Å². The first kappa shape index (κ1) is 20.2. The van der Waals surface area contributed by atoms with Crippen molar-refractivity contribution in [1.82, 2.24) is 0 Å². The number of phenols is 1. The van der Waals surface area contributed by atoms with Crippen LogP contribution in [0.4, 0.5) is 0 Å². The van der Waals surface area contributed by atoms with Gasteiger partial charge in [-0.25, -0.2) is 0 Å². The largest absolute Gasteiger partial charge is 0.507 e. The Labute approximate surface area is 163 Å². The summed E-state index contributed by atoms with van der Waals surface area (Å²) in [6, 6.07) is 14.7. The molecule has 0 radical (unpaired) electrons. The fourth-order valence-corrected chi connectivity index (χ4v) is 6.53. The predicted molar refractivity (Wildman–Crippen MR) is 112 cm³/mol. The molecule has 0 aliphatic heterocycles. The van der Waals surface area contributed by atoms with Crippen LogP contribution in [0, 0.1) is 24.7 Å². The van der Waals surface area contributed by atoms with E-state index in [1.54, 1.807) is 12.1 Å². The minimum atomic E-state index is -3.40. The fraction of sp³-hybridized carbons (Fsp3) is 0.478. The summed E-state index contributed by atoms with van der Waals surface area (Å²) in [5.41, 5.74) is 0.933. The van der Waals surface area contributed by atoms with Gasteiger partial charge < -0.3 is 9.63 Å². The number of aryl methyl sites for hydroxylation is 1. The van der Waals surface area contributed by atoms with Gasteiger partial charge in [0.1, 0.15) is 5.75 Å². The highest BCUT2D eigenvalue weighted by Gasteiger charge is 2.40. The summed E-state index contributed by atoms with van der Waals surface area (Å²) in [4.78, 5) is 0. The van der Waals surface area contributed by atoms with Crippen molar-refractivity contribution in [3.8, 4) is 5.75 Å². The molecule has 0 amide bonds. The Bertz CT molecular complexity index is 816. The zero-order valence-electron chi connectivity index (χ0n) is 16.8. The maximum absolute atomic E-state index is 14.3.